The van der Waals surface area contributed by atoms with E-state index in [1.54, 1.807) is 0 Å². The maximum Gasteiger partial charge on any atom is 0.0263 e. The molecule has 0 unspecified atom stereocenters. The van der Waals surface area contributed by atoms with Crippen LogP contribution >= 0.6 is 0 Å². The van der Waals surface area contributed by atoms with Crippen LogP contribution in [0.4, 0.5) is 0 Å². The molecule has 0 rings (SSSR count). The highest BCUT2D eigenvalue weighted by Gasteiger charge is 1.78. The summed E-state index contributed by atoms with van der Waals surface area (Å²) in [6.07, 6.45) is 2.00. The lowest BCUT2D eigenvalue weighted by molar-refractivity contribution is 1.03. The van der Waals surface area contributed by atoms with Crippen molar-refractivity contribution in [2.45, 2.75) is 27.7 Å². The van der Waals surface area contributed by atoms with E-state index in [1.165, 1.54) is 5.57 Å². The van der Waals surface area contributed by atoms with Crippen LogP contribution in [0, 0.1) is 0 Å². The molecular weight excluding hydrogens is 146 g/mol. The SMILES string of the molecule is C=C.C=C(C=C(C)C)NC.CC. The molecule has 0 aromatic carbocycles. The van der Waals surface area contributed by atoms with E-state index in [9.17, 15) is 0 Å². The average molecular weight is 169 g/mol. The molecule has 0 saturated carbocycles. The van der Waals surface area contributed by atoms with E-state index < -0.39 is 0 Å². The van der Waals surface area contributed by atoms with Gasteiger partial charge in [0.1, 0.15) is 0 Å². The summed E-state index contributed by atoms with van der Waals surface area (Å²) in [5.74, 6) is 0. The predicted octanol–water partition coefficient (Wildman–Crippen LogP) is 3.51. The molecule has 0 aliphatic rings. The summed E-state index contributed by atoms with van der Waals surface area (Å²) in [7, 11) is 1.86. The molecule has 72 valence electrons. The van der Waals surface area contributed by atoms with E-state index >= 15 is 0 Å². The molecule has 1 heteroatoms. The van der Waals surface area contributed by atoms with Crippen molar-refractivity contribution in [1.82, 2.24) is 5.32 Å². The van der Waals surface area contributed by atoms with Crippen LogP contribution < -0.4 is 5.32 Å². The summed E-state index contributed by atoms with van der Waals surface area (Å²) >= 11 is 0. The van der Waals surface area contributed by atoms with Crippen molar-refractivity contribution in [3.63, 3.8) is 0 Å². The molecule has 0 atom stereocenters. The van der Waals surface area contributed by atoms with E-state index in [4.69, 9.17) is 0 Å². The van der Waals surface area contributed by atoms with Crippen LogP contribution in [0.25, 0.3) is 0 Å². The molecule has 0 bridgehead atoms. The maximum absolute atomic E-state index is 3.73. The topological polar surface area (TPSA) is 12.0 Å². The van der Waals surface area contributed by atoms with Gasteiger partial charge in [-0.3, -0.25) is 0 Å². The molecule has 0 aromatic rings. The fourth-order valence-corrected chi connectivity index (χ4v) is 0.421. The summed E-state index contributed by atoms with van der Waals surface area (Å²) in [6.45, 7) is 17.8. The van der Waals surface area contributed by atoms with Crippen LogP contribution in [0.5, 0.6) is 0 Å². The van der Waals surface area contributed by atoms with Gasteiger partial charge in [-0.25, -0.2) is 0 Å². The summed E-state index contributed by atoms with van der Waals surface area (Å²) < 4.78 is 0. The summed E-state index contributed by atoms with van der Waals surface area (Å²) in [5, 5.41) is 2.93. The average Bonchev–Trinajstić information content (AvgIpc) is 2.10. The van der Waals surface area contributed by atoms with Gasteiger partial charge in [0.15, 0.2) is 0 Å². The molecule has 0 saturated heterocycles. The first-order chi connectivity index (χ1) is 5.66. The monoisotopic (exact) mass is 169 g/mol. The van der Waals surface area contributed by atoms with Gasteiger partial charge in [0.05, 0.1) is 0 Å². The number of likely N-dealkylation sites (N-methyl/N-ethyl adjacent to an activating group) is 1. The third-order valence-corrected chi connectivity index (χ3v) is 0.784. The van der Waals surface area contributed by atoms with E-state index in [2.05, 4.69) is 25.1 Å². The van der Waals surface area contributed by atoms with Crippen molar-refractivity contribution in [3.05, 3.63) is 37.1 Å². The minimum Gasteiger partial charge on any atom is -0.389 e. The highest BCUT2D eigenvalue weighted by molar-refractivity contribution is 5.15. The Bertz CT molecular complexity index is 119. The summed E-state index contributed by atoms with van der Waals surface area (Å²) in [4.78, 5) is 0. The molecule has 0 heterocycles. The third kappa shape index (κ3) is 23.0. The lowest BCUT2D eigenvalue weighted by Gasteiger charge is -1.95. The number of hydrogen-bond donors (Lipinski definition) is 1. The van der Waals surface area contributed by atoms with Crippen molar-refractivity contribution in [1.29, 1.82) is 0 Å². The van der Waals surface area contributed by atoms with E-state index in [1.807, 2.05) is 40.8 Å². The van der Waals surface area contributed by atoms with Gasteiger partial charge in [-0.05, 0) is 19.9 Å². The first-order valence-electron chi connectivity index (χ1n) is 4.18. The Kier molecular flexibility index (Phi) is 23.7. The van der Waals surface area contributed by atoms with Gasteiger partial charge in [0, 0.05) is 12.7 Å². The fourth-order valence-electron chi connectivity index (χ4n) is 0.421. The van der Waals surface area contributed by atoms with Crippen molar-refractivity contribution in [3.8, 4) is 0 Å². The first kappa shape index (κ1) is 17.2. The van der Waals surface area contributed by atoms with Gasteiger partial charge >= 0.3 is 0 Å². The molecular formula is C11H23N. The zero-order chi connectivity index (χ0) is 10.6. The van der Waals surface area contributed by atoms with Crippen molar-refractivity contribution in [2.75, 3.05) is 7.05 Å². The Morgan fingerprint density at radius 3 is 1.58 bits per heavy atom. The number of nitrogens with one attached hydrogen (secondary N) is 1. The summed E-state index contributed by atoms with van der Waals surface area (Å²) in [5.41, 5.74) is 2.23. The van der Waals surface area contributed by atoms with Crippen LogP contribution in [-0.2, 0) is 0 Å². The fraction of sp³-hybridized carbons (Fsp3) is 0.455. The highest BCUT2D eigenvalue weighted by Crippen LogP contribution is 1.92. The number of allylic oxidation sites excluding steroid dienone is 2. The van der Waals surface area contributed by atoms with Crippen LogP contribution in [0.1, 0.15) is 27.7 Å². The molecule has 0 aliphatic heterocycles. The Morgan fingerprint density at radius 1 is 1.17 bits per heavy atom. The largest absolute Gasteiger partial charge is 0.389 e. The lowest BCUT2D eigenvalue weighted by Crippen LogP contribution is -2.00. The second kappa shape index (κ2) is 16.5. The molecule has 0 fully saturated rings. The van der Waals surface area contributed by atoms with Gasteiger partial charge in [-0.1, -0.05) is 26.0 Å². The maximum atomic E-state index is 3.73. The van der Waals surface area contributed by atoms with E-state index in [-0.39, 0.29) is 0 Å². The standard InChI is InChI=1S/C7H13N.C2H6.C2H4/c1-6(2)5-7(3)8-4;2*1-2/h5,8H,3H2,1-2,4H3;1-2H3;1-2H2. The van der Waals surface area contributed by atoms with Crippen molar-refractivity contribution in [2.24, 2.45) is 0 Å². The first-order valence-corrected chi connectivity index (χ1v) is 4.18. The smallest absolute Gasteiger partial charge is 0.0263 e. The van der Waals surface area contributed by atoms with Crippen LogP contribution in [0.2, 0.25) is 0 Å². The lowest BCUT2D eigenvalue weighted by atomic mass is 10.3. The number of rotatable bonds is 2. The molecule has 0 amide bonds. The van der Waals surface area contributed by atoms with Gasteiger partial charge < -0.3 is 5.32 Å². The van der Waals surface area contributed by atoms with Crippen LogP contribution in [0.3, 0.4) is 0 Å². The summed E-state index contributed by atoms with van der Waals surface area (Å²) in [6, 6.07) is 0. The van der Waals surface area contributed by atoms with Gasteiger partial charge in [0.25, 0.3) is 0 Å². The second-order valence-electron chi connectivity index (χ2n) is 2.00. The van der Waals surface area contributed by atoms with E-state index in [0.29, 0.717) is 0 Å². The molecule has 0 aromatic heterocycles. The van der Waals surface area contributed by atoms with Crippen molar-refractivity contribution >= 4 is 0 Å². The Balaban J connectivity index is -0.000000175. The van der Waals surface area contributed by atoms with Gasteiger partial charge in [-0.15, -0.1) is 13.2 Å². The molecule has 0 radical (unpaired) electrons. The molecule has 0 spiro atoms. The van der Waals surface area contributed by atoms with Gasteiger partial charge in [-0.2, -0.15) is 0 Å². The van der Waals surface area contributed by atoms with E-state index in [0.717, 1.165) is 5.70 Å². The quantitative estimate of drug-likeness (QED) is 0.492. The normalized spacial score (nSPS) is 6.08. The predicted molar refractivity (Wildman–Crippen MR) is 60.2 cm³/mol. The minimum atomic E-state index is 0.963. The third-order valence-electron chi connectivity index (χ3n) is 0.784. The number of hydrogen-bond acceptors (Lipinski definition) is 1. The zero-order valence-electron chi connectivity index (χ0n) is 9.20. The Labute approximate surface area is 77.9 Å². The highest BCUT2D eigenvalue weighted by atomic mass is 14.8. The zero-order valence-corrected chi connectivity index (χ0v) is 9.20. The Hall–Kier alpha value is -0.980. The molecule has 1 N–H and O–H groups in total. The second-order valence-corrected chi connectivity index (χ2v) is 2.00. The molecule has 0 aliphatic carbocycles. The Morgan fingerprint density at radius 2 is 1.50 bits per heavy atom. The van der Waals surface area contributed by atoms with Gasteiger partial charge in [0.2, 0.25) is 0 Å². The van der Waals surface area contributed by atoms with Crippen LogP contribution in [0.15, 0.2) is 37.1 Å². The van der Waals surface area contributed by atoms with Crippen molar-refractivity contribution < 1.29 is 0 Å². The molecule has 12 heavy (non-hydrogen) atoms. The molecule has 1 nitrogen and oxygen atoms in total. The van der Waals surface area contributed by atoms with Crippen LogP contribution in [-0.4, -0.2) is 7.05 Å². The minimum absolute atomic E-state index is 0.963.